The Labute approximate surface area is 159 Å². The minimum absolute atomic E-state index is 0.0445. The highest BCUT2D eigenvalue weighted by Gasteiger charge is 2.18. The van der Waals surface area contributed by atoms with Gasteiger partial charge >= 0.3 is 0 Å². The maximum Gasteiger partial charge on any atom is 0.163 e. The Balaban J connectivity index is 1.84. The number of aryl methyl sites for hydroxylation is 2. The van der Waals surface area contributed by atoms with Crippen LogP contribution in [-0.2, 0) is 18.4 Å². The molecule has 0 unspecified atom stereocenters. The Morgan fingerprint density at radius 1 is 1.30 bits per heavy atom. The summed E-state index contributed by atoms with van der Waals surface area (Å²) in [6, 6.07) is 4.16. The minimum atomic E-state index is -0.0445. The van der Waals surface area contributed by atoms with Gasteiger partial charge in [-0.1, -0.05) is 6.92 Å². The van der Waals surface area contributed by atoms with Gasteiger partial charge in [-0.3, -0.25) is 4.68 Å². The van der Waals surface area contributed by atoms with E-state index in [-0.39, 0.29) is 5.54 Å². The molecule has 0 fully saturated rings. The Bertz CT molecular complexity index is 1010. The van der Waals surface area contributed by atoms with E-state index in [1.807, 2.05) is 23.9 Å². The SMILES string of the molecule is CCc1c(C)nn2c(N)c(C#N)c(NCCc3ccn(C(C)(C)C)n3)nc12. The van der Waals surface area contributed by atoms with Crippen molar-refractivity contribution in [2.45, 2.75) is 53.0 Å². The third-order valence-corrected chi connectivity index (χ3v) is 4.57. The van der Waals surface area contributed by atoms with Crippen LogP contribution in [0.15, 0.2) is 12.3 Å². The summed E-state index contributed by atoms with van der Waals surface area (Å²) in [6.07, 6.45) is 3.51. The monoisotopic (exact) mass is 366 g/mol. The van der Waals surface area contributed by atoms with E-state index in [0.717, 1.165) is 29.8 Å². The number of fused-ring (bicyclic) bond motifs is 1. The van der Waals surface area contributed by atoms with Crippen molar-refractivity contribution in [1.29, 1.82) is 5.26 Å². The Hall–Kier alpha value is -3.08. The molecule has 3 heterocycles. The van der Waals surface area contributed by atoms with Gasteiger partial charge in [0.05, 0.1) is 16.9 Å². The number of nitriles is 1. The second-order valence-corrected chi connectivity index (χ2v) is 7.58. The number of hydrogen-bond acceptors (Lipinski definition) is 6. The van der Waals surface area contributed by atoms with Crippen LogP contribution in [0.2, 0.25) is 0 Å². The van der Waals surface area contributed by atoms with Gasteiger partial charge in [-0.05, 0) is 40.2 Å². The van der Waals surface area contributed by atoms with Gasteiger partial charge in [0.15, 0.2) is 5.65 Å². The molecular formula is C19H26N8. The first-order valence-corrected chi connectivity index (χ1v) is 9.13. The molecule has 3 N–H and O–H groups in total. The first-order chi connectivity index (χ1) is 12.8. The first kappa shape index (κ1) is 18.7. The molecule has 0 spiro atoms. The van der Waals surface area contributed by atoms with Crippen molar-refractivity contribution in [3.05, 3.63) is 34.8 Å². The standard InChI is InChI=1S/C19H26N8/c1-6-14-12(2)24-27-16(21)15(11-20)17(23-18(14)27)22-9-7-13-8-10-26(25-13)19(3,4)5/h8,10H,6-7,9,21H2,1-5H3,(H,22,23). The number of aromatic nitrogens is 5. The van der Waals surface area contributed by atoms with Crippen molar-refractivity contribution in [3.8, 4) is 6.07 Å². The Morgan fingerprint density at radius 2 is 2.04 bits per heavy atom. The molecule has 0 saturated carbocycles. The molecule has 0 aliphatic rings. The molecule has 3 rings (SSSR count). The second kappa shape index (κ2) is 6.91. The van der Waals surface area contributed by atoms with Gasteiger partial charge in [-0.25, -0.2) is 4.98 Å². The van der Waals surface area contributed by atoms with Crippen molar-refractivity contribution >= 4 is 17.3 Å². The second-order valence-electron chi connectivity index (χ2n) is 7.58. The highest BCUT2D eigenvalue weighted by molar-refractivity contribution is 5.69. The third kappa shape index (κ3) is 3.45. The van der Waals surface area contributed by atoms with Crippen LogP contribution in [0.1, 0.15) is 50.2 Å². The van der Waals surface area contributed by atoms with Crippen LogP contribution in [0.25, 0.3) is 5.65 Å². The smallest absolute Gasteiger partial charge is 0.163 e. The van der Waals surface area contributed by atoms with Crippen molar-refractivity contribution < 1.29 is 0 Å². The minimum Gasteiger partial charge on any atom is -0.382 e. The zero-order chi connectivity index (χ0) is 19.8. The van der Waals surface area contributed by atoms with Gasteiger partial charge in [0.1, 0.15) is 23.3 Å². The summed E-state index contributed by atoms with van der Waals surface area (Å²) in [5, 5.41) is 21.8. The molecule has 3 aromatic rings. The molecule has 3 aromatic heterocycles. The Kier molecular flexibility index (Phi) is 4.79. The summed E-state index contributed by atoms with van der Waals surface area (Å²) in [6.45, 7) is 10.9. The lowest BCUT2D eigenvalue weighted by atomic mass is 10.1. The zero-order valence-electron chi connectivity index (χ0n) is 16.5. The normalized spacial score (nSPS) is 11.7. The summed E-state index contributed by atoms with van der Waals surface area (Å²) in [5.41, 5.74) is 10.1. The van der Waals surface area contributed by atoms with E-state index in [0.29, 0.717) is 29.4 Å². The lowest BCUT2D eigenvalue weighted by Crippen LogP contribution is -2.22. The topological polar surface area (TPSA) is 110 Å². The van der Waals surface area contributed by atoms with Crippen LogP contribution in [0, 0.1) is 18.3 Å². The molecule has 0 aromatic carbocycles. The van der Waals surface area contributed by atoms with Gasteiger partial charge in [0.25, 0.3) is 0 Å². The zero-order valence-corrected chi connectivity index (χ0v) is 16.5. The predicted molar refractivity (Wildman–Crippen MR) is 106 cm³/mol. The fourth-order valence-corrected chi connectivity index (χ4v) is 3.05. The highest BCUT2D eigenvalue weighted by atomic mass is 15.3. The van der Waals surface area contributed by atoms with E-state index in [9.17, 15) is 5.26 Å². The number of rotatable bonds is 5. The molecule has 0 radical (unpaired) electrons. The van der Waals surface area contributed by atoms with Crippen LogP contribution in [0.5, 0.6) is 0 Å². The van der Waals surface area contributed by atoms with Gasteiger partial charge in [-0.15, -0.1) is 0 Å². The Morgan fingerprint density at radius 3 is 2.63 bits per heavy atom. The molecule has 8 nitrogen and oxygen atoms in total. The average Bonchev–Trinajstić information content (AvgIpc) is 3.19. The molecule has 0 amide bonds. The number of hydrogen-bond donors (Lipinski definition) is 2. The van der Waals surface area contributed by atoms with E-state index in [1.54, 1.807) is 4.52 Å². The molecule has 0 aliphatic carbocycles. The van der Waals surface area contributed by atoms with Gasteiger partial charge in [0.2, 0.25) is 0 Å². The summed E-state index contributed by atoms with van der Waals surface area (Å²) in [5.74, 6) is 0.803. The number of anilines is 2. The largest absolute Gasteiger partial charge is 0.382 e. The fourth-order valence-electron chi connectivity index (χ4n) is 3.05. The van der Waals surface area contributed by atoms with Crippen molar-refractivity contribution in [2.75, 3.05) is 17.6 Å². The van der Waals surface area contributed by atoms with Gasteiger partial charge in [0, 0.05) is 24.7 Å². The fraction of sp³-hybridized carbons (Fsp3) is 0.474. The summed E-state index contributed by atoms with van der Waals surface area (Å²) >= 11 is 0. The van der Waals surface area contributed by atoms with E-state index >= 15 is 0 Å². The maximum atomic E-state index is 9.53. The molecule has 8 heteroatoms. The van der Waals surface area contributed by atoms with Crippen molar-refractivity contribution in [2.24, 2.45) is 0 Å². The quantitative estimate of drug-likeness (QED) is 0.718. The van der Waals surface area contributed by atoms with Crippen molar-refractivity contribution in [3.63, 3.8) is 0 Å². The molecule has 0 aliphatic heterocycles. The number of nitrogen functional groups attached to an aromatic ring is 1. The van der Waals surface area contributed by atoms with E-state index in [1.165, 1.54) is 0 Å². The third-order valence-electron chi connectivity index (χ3n) is 4.57. The molecule has 142 valence electrons. The van der Waals surface area contributed by atoms with Crippen LogP contribution >= 0.6 is 0 Å². The van der Waals surface area contributed by atoms with E-state index in [4.69, 9.17) is 5.73 Å². The number of nitrogens with one attached hydrogen (secondary N) is 1. The number of nitrogens with two attached hydrogens (primary N) is 1. The van der Waals surface area contributed by atoms with E-state index < -0.39 is 0 Å². The molecule has 0 bridgehead atoms. The van der Waals surface area contributed by atoms with Gasteiger partial charge < -0.3 is 11.1 Å². The van der Waals surface area contributed by atoms with E-state index in [2.05, 4.69) is 54.3 Å². The summed E-state index contributed by atoms with van der Waals surface area (Å²) in [4.78, 5) is 4.64. The van der Waals surface area contributed by atoms with Crippen molar-refractivity contribution in [1.82, 2.24) is 24.4 Å². The molecule has 0 atom stereocenters. The lowest BCUT2D eigenvalue weighted by Gasteiger charge is -2.18. The summed E-state index contributed by atoms with van der Waals surface area (Å²) < 4.78 is 3.51. The van der Waals surface area contributed by atoms with Crippen LogP contribution in [0.3, 0.4) is 0 Å². The average molecular weight is 366 g/mol. The highest BCUT2D eigenvalue weighted by Crippen LogP contribution is 2.25. The number of nitrogens with zero attached hydrogens (tertiary/aromatic N) is 6. The molecular weight excluding hydrogens is 340 g/mol. The van der Waals surface area contributed by atoms with Crippen LogP contribution < -0.4 is 11.1 Å². The summed E-state index contributed by atoms with van der Waals surface area (Å²) in [7, 11) is 0. The maximum absolute atomic E-state index is 9.53. The lowest BCUT2D eigenvalue weighted by molar-refractivity contribution is 0.353. The molecule has 27 heavy (non-hydrogen) atoms. The predicted octanol–water partition coefficient (Wildman–Crippen LogP) is 2.66. The first-order valence-electron chi connectivity index (χ1n) is 9.13. The van der Waals surface area contributed by atoms with Crippen LogP contribution in [-0.4, -0.2) is 30.9 Å². The van der Waals surface area contributed by atoms with Crippen LogP contribution in [0.4, 0.5) is 11.6 Å². The molecule has 0 saturated heterocycles. The van der Waals surface area contributed by atoms with Gasteiger partial charge in [-0.2, -0.15) is 20.0 Å².